The van der Waals surface area contributed by atoms with E-state index in [0.717, 1.165) is 22.4 Å². The molecule has 3 heterocycles. The fraction of sp³-hybridized carbons (Fsp3) is 0.263. The normalized spacial score (nSPS) is 14.4. The van der Waals surface area contributed by atoms with Crippen LogP contribution in [0.5, 0.6) is 11.6 Å². The number of aromatic amines is 3. The number of nitrogens with zero attached hydrogens (tertiary/aromatic N) is 2. The lowest BCUT2D eigenvalue weighted by atomic mass is 9.83. The fourth-order valence-corrected chi connectivity index (χ4v) is 3.62. The van der Waals surface area contributed by atoms with E-state index in [1.807, 2.05) is 31.2 Å². The van der Waals surface area contributed by atoms with Crippen LogP contribution < -0.4 is 10.1 Å². The van der Waals surface area contributed by atoms with E-state index in [1.54, 1.807) is 6.07 Å². The Morgan fingerprint density at radius 1 is 1.15 bits per heavy atom. The number of hydrogen-bond donors (Lipinski definition) is 4. The van der Waals surface area contributed by atoms with Gasteiger partial charge in [0.05, 0.1) is 5.02 Å². The van der Waals surface area contributed by atoms with E-state index >= 15 is 0 Å². The molecular formula is C19H19ClN6O. The molecule has 0 saturated heterocycles. The Labute approximate surface area is 160 Å². The zero-order chi connectivity index (χ0) is 18.4. The Morgan fingerprint density at radius 2 is 2.04 bits per heavy atom. The first kappa shape index (κ1) is 16.3. The summed E-state index contributed by atoms with van der Waals surface area (Å²) in [4.78, 5) is 3.26. The Bertz CT molecular complexity index is 1110. The molecule has 7 nitrogen and oxygen atoms in total. The van der Waals surface area contributed by atoms with Gasteiger partial charge in [-0.15, -0.1) is 5.10 Å². The summed E-state index contributed by atoms with van der Waals surface area (Å²) in [5.74, 6) is 3.07. The standard InChI is InChI=1S/C19H19ClN6O/c1-10-7-12-13(21-10)5-6-15(19(12)20)27-18-9-17(25-26-18)22-16-8-14(23-24-16)11-3-2-4-11/h5-9,11,21H,2-4H2,1H3,(H3,22,23,24,25,26). The number of nitrogens with one attached hydrogen (secondary N) is 4. The highest BCUT2D eigenvalue weighted by atomic mass is 35.5. The quantitative estimate of drug-likeness (QED) is 0.372. The summed E-state index contributed by atoms with van der Waals surface area (Å²) < 4.78 is 5.86. The van der Waals surface area contributed by atoms with Gasteiger partial charge < -0.3 is 15.0 Å². The maximum absolute atomic E-state index is 6.48. The topological polar surface area (TPSA) is 94.4 Å². The largest absolute Gasteiger partial charge is 0.436 e. The molecule has 1 aliphatic rings. The molecule has 1 aliphatic carbocycles. The number of anilines is 2. The summed E-state index contributed by atoms with van der Waals surface area (Å²) in [5, 5.41) is 19.2. The highest BCUT2D eigenvalue weighted by Crippen LogP contribution is 2.37. The zero-order valence-corrected chi connectivity index (χ0v) is 15.5. The molecule has 4 aromatic rings. The summed E-state index contributed by atoms with van der Waals surface area (Å²) in [6.45, 7) is 1.99. The van der Waals surface area contributed by atoms with Gasteiger partial charge in [-0.2, -0.15) is 5.10 Å². The van der Waals surface area contributed by atoms with Crippen LogP contribution in [0.15, 0.2) is 30.3 Å². The lowest BCUT2D eigenvalue weighted by Gasteiger charge is -2.23. The number of H-pyrrole nitrogens is 3. The molecule has 0 spiro atoms. The first-order valence-electron chi connectivity index (χ1n) is 8.99. The minimum atomic E-state index is 0.431. The number of rotatable bonds is 5. The molecule has 8 heteroatoms. The molecular weight excluding hydrogens is 364 g/mol. The van der Waals surface area contributed by atoms with Crippen molar-refractivity contribution in [3.8, 4) is 11.6 Å². The van der Waals surface area contributed by atoms with E-state index in [0.29, 0.717) is 28.4 Å². The van der Waals surface area contributed by atoms with E-state index < -0.39 is 0 Å². The van der Waals surface area contributed by atoms with Gasteiger partial charge in [0, 0.05) is 40.3 Å². The van der Waals surface area contributed by atoms with E-state index in [1.165, 1.54) is 25.0 Å². The number of halogens is 1. The molecule has 4 N–H and O–H groups in total. The van der Waals surface area contributed by atoms with Crippen LogP contribution >= 0.6 is 11.6 Å². The first-order chi connectivity index (χ1) is 13.2. The molecule has 0 atom stereocenters. The molecule has 1 fully saturated rings. The van der Waals surface area contributed by atoms with E-state index in [2.05, 4.69) is 30.7 Å². The molecule has 5 rings (SSSR count). The second kappa shape index (κ2) is 6.35. The predicted molar refractivity (Wildman–Crippen MR) is 105 cm³/mol. The van der Waals surface area contributed by atoms with E-state index in [4.69, 9.17) is 16.3 Å². The van der Waals surface area contributed by atoms with E-state index in [-0.39, 0.29) is 0 Å². The van der Waals surface area contributed by atoms with Crippen molar-refractivity contribution in [2.75, 3.05) is 5.32 Å². The van der Waals surface area contributed by atoms with Crippen LogP contribution in [0.2, 0.25) is 5.02 Å². The molecule has 1 saturated carbocycles. The van der Waals surface area contributed by atoms with Gasteiger partial charge in [-0.05, 0) is 38.0 Å². The third kappa shape index (κ3) is 3.04. The molecule has 0 radical (unpaired) electrons. The average molecular weight is 383 g/mol. The van der Waals surface area contributed by atoms with Crippen LogP contribution in [0.3, 0.4) is 0 Å². The van der Waals surface area contributed by atoms with Crippen LogP contribution in [0.25, 0.3) is 10.9 Å². The first-order valence-corrected chi connectivity index (χ1v) is 9.37. The van der Waals surface area contributed by atoms with Gasteiger partial charge >= 0.3 is 0 Å². The summed E-state index contributed by atoms with van der Waals surface area (Å²) in [5.41, 5.74) is 3.22. The van der Waals surface area contributed by atoms with Gasteiger partial charge in [-0.1, -0.05) is 18.0 Å². The van der Waals surface area contributed by atoms with Crippen molar-refractivity contribution in [2.45, 2.75) is 32.1 Å². The monoisotopic (exact) mass is 382 g/mol. The van der Waals surface area contributed by atoms with Crippen molar-refractivity contribution in [3.05, 3.63) is 46.7 Å². The molecule has 0 unspecified atom stereocenters. The molecule has 0 amide bonds. The number of hydrogen-bond acceptors (Lipinski definition) is 4. The van der Waals surface area contributed by atoms with Crippen LogP contribution in [0.4, 0.5) is 11.6 Å². The van der Waals surface area contributed by atoms with Crippen LogP contribution in [0.1, 0.15) is 36.6 Å². The number of benzene rings is 1. The Balaban J connectivity index is 1.32. The number of fused-ring (bicyclic) bond motifs is 1. The number of aryl methyl sites for hydroxylation is 1. The van der Waals surface area contributed by atoms with Gasteiger partial charge in [0.15, 0.2) is 5.82 Å². The van der Waals surface area contributed by atoms with Crippen LogP contribution in [-0.2, 0) is 0 Å². The third-order valence-electron chi connectivity index (χ3n) is 5.01. The van der Waals surface area contributed by atoms with Crippen LogP contribution in [0, 0.1) is 6.92 Å². The smallest absolute Gasteiger partial charge is 0.240 e. The highest BCUT2D eigenvalue weighted by molar-refractivity contribution is 6.37. The molecule has 27 heavy (non-hydrogen) atoms. The summed E-state index contributed by atoms with van der Waals surface area (Å²) in [6, 6.07) is 9.60. The number of aromatic nitrogens is 5. The second-order valence-electron chi connectivity index (χ2n) is 6.97. The van der Waals surface area contributed by atoms with Gasteiger partial charge in [0.25, 0.3) is 0 Å². The van der Waals surface area contributed by atoms with Crippen molar-refractivity contribution in [1.82, 2.24) is 25.4 Å². The summed E-state index contributed by atoms with van der Waals surface area (Å²) >= 11 is 6.48. The second-order valence-corrected chi connectivity index (χ2v) is 7.35. The summed E-state index contributed by atoms with van der Waals surface area (Å²) in [7, 11) is 0. The van der Waals surface area contributed by atoms with Crippen molar-refractivity contribution in [1.29, 1.82) is 0 Å². The lowest BCUT2D eigenvalue weighted by molar-refractivity contribution is 0.410. The Hall–Kier alpha value is -2.93. The number of ether oxygens (including phenoxy) is 1. The van der Waals surface area contributed by atoms with E-state index in [9.17, 15) is 0 Å². The van der Waals surface area contributed by atoms with Crippen molar-refractivity contribution >= 4 is 34.1 Å². The molecule has 0 bridgehead atoms. The lowest BCUT2D eigenvalue weighted by Crippen LogP contribution is -2.08. The zero-order valence-electron chi connectivity index (χ0n) is 14.8. The average Bonchev–Trinajstić information content (AvgIpc) is 3.30. The maximum atomic E-state index is 6.48. The fourth-order valence-electron chi connectivity index (χ4n) is 3.37. The highest BCUT2D eigenvalue weighted by Gasteiger charge is 2.21. The molecule has 3 aromatic heterocycles. The van der Waals surface area contributed by atoms with Crippen molar-refractivity contribution in [2.24, 2.45) is 0 Å². The maximum Gasteiger partial charge on any atom is 0.240 e. The van der Waals surface area contributed by atoms with Crippen molar-refractivity contribution < 1.29 is 4.74 Å². The minimum Gasteiger partial charge on any atom is -0.436 e. The predicted octanol–water partition coefficient (Wildman–Crippen LogP) is 5.38. The van der Waals surface area contributed by atoms with Gasteiger partial charge in [0.2, 0.25) is 5.88 Å². The molecule has 0 aliphatic heterocycles. The SMILES string of the molecule is Cc1cc2c(Cl)c(Oc3cc(Nc4cc(C5CCC5)[nH]n4)[nH]n3)ccc2[nH]1. The van der Waals surface area contributed by atoms with Gasteiger partial charge in [0.1, 0.15) is 11.6 Å². The van der Waals surface area contributed by atoms with Crippen LogP contribution in [-0.4, -0.2) is 25.4 Å². The van der Waals surface area contributed by atoms with Gasteiger partial charge in [-0.3, -0.25) is 10.2 Å². The minimum absolute atomic E-state index is 0.431. The Kier molecular flexibility index (Phi) is 3.82. The van der Waals surface area contributed by atoms with Gasteiger partial charge in [-0.25, -0.2) is 0 Å². The molecule has 138 valence electrons. The molecule has 1 aromatic carbocycles. The third-order valence-corrected chi connectivity index (χ3v) is 5.40. The summed E-state index contributed by atoms with van der Waals surface area (Å²) in [6.07, 6.45) is 3.76. The van der Waals surface area contributed by atoms with Crippen molar-refractivity contribution in [3.63, 3.8) is 0 Å². The Morgan fingerprint density at radius 3 is 2.85 bits per heavy atom.